The van der Waals surface area contributed by atoms with Crippen molar-refractivity contribution in [2.75, 3.05) is 17.3 Å². The van der Waals surface area contributed by atoms with E-state index in [9.17, 15) is 44.3 Å². The van der Waals surface area contributed by atoms with E-state index in [1.807, 2.05) is 37.4 Å². The van der Waals surface area contributed by atoms with Gasteiger partial charge in [-0.3, -0.25) is 19.4 Å². The Hall–Kier alpha value is -5.96. The molecule has 4 aromatic rings. The monoisotopic (exact) mass is 702 g/mol. The van der Waals surface area contributed by atoms with Gasteiger partial charge in [0, 0.05) is 26.0 Å². The van der Waals surface area contributed by atoms with E-state index in [0.717, 1.165) is 12.4 Å². The number of carbonyl (C=O) groups is 4. The number of pyridine rings is 1. The maximum absolute atomic E-state index is 12.2. The number of imidazole rings is 1. The molecule has 0 unspecified atom stereocenters. The molecule has 0 fully saturated rings. The second kappa shape index (κ2) is 19.5. The minimum absolute atomic E-state index is 0.250. The number of aromatic nitrogens is 4. The summed E-state index contributed by atoms with van der Waals surface area (Å²) < 4.78 is 96.0. The summed E-state index contributed by atoms with van der Waals surface area (Å²) in [7, 11) is 1.99. The molecule has 0 aliphatic rings. The predicted molar refractivity (Wildman–Crippen MR) is 147 cm³/mol. The molecule has 1 amide bonds. The van der Waals surface area contributed by atoms with E-state index in [1.54, 1.807) is 29.0 Å². The molecule has 3 heterocycles. The summed E-state index contributed by atoms with van der Waals surface area (Å²) in [5.74, 6) is -1.76. The average molecular weight is 702 g/mol. The van der Waals surface area contributed by atoms with Crippen LogP contribution in [0.2, 0.25) is 0 Å². The molecule has 13 nitrogen and oxygen atoms in total. The van der Waals surface area contributed by atoms with Crippen molar-refractivity contribution in [3.05, 3.63) is 84.3 Å². The average Bonchev–Trinajstić information content (AvgIpc) is 3.39. The molecule has 48 heavy (non-hydrogen) atoms. The van der Waals surface area contributed by atoms with Crippen molar-refractivity contribution in [3.63, 3.8) is 0 Å². The van der Waals surface area contributed by atoms with Crippen molar-refractivity contribution < 1.29 is 74.0 Å². The van der Waals surface area contributed by atoms with Crippen LogP contribution in [-0.4, -0.2) is 85.3 Å². The maximum atomic E-state index is 12.2. The number of fused-ring (bicyclic) bond motifs is 1. The van der Waals surface area contributed by atoms with E-state index in [0.29, 0.717) is 17.0 Å². The van der Waals surface area contributed by atoms with E-state index in [2.05, 4.69) is 37.4 Å². The highest BCUT2D eigenvalue weighted by molar-refractivity contribution is 6.03. The highest BCUT2D eigenvalue weighted by Crippen LogP contribution is 2.35. The van der Waals surface area contributed by atoms with E-state index >= 15 is 0 Å². The van der Waals surface area contributed by atoms with Gasteiger partial charge < -0.3 is 25.5 Å². The van der Waals surface area contributed by atoms with Crippen molar-refractivity contribution in [2.24, 2.45) is 0 Å². The Balaban J connectivity index is 0.000000864. The Morgan fingerprint density at radius 3 is 1.83 bits per heavy atom. The zero-order valence-corrected chi connectivity index (χ0v) is 23.9. The number of aliphatic carboxylic acids is 1. The zero-order chi connectivity index (χ0) is 37.1. The highest BCUT2D eigenvalue weighted by atomic mass is 19.5. The molecule has 0 aliphatic carbocycles. The maximum Gasteiger partial charge on any atom is 0.490 e. The summed E-state index contributed by atoms with van der Waals surface area (Å²) in [6.45, 7) is 0.249. The van der Waals surface area contributed by atoms with Crippen molar-refractivity contribution in [2.45, 2.75) is 25.1 Å². The SMILES string of the molecule is CN(Cc1ccccc1)c1ccc2nc(NC(=O)c3cccnc3)cn2n1.FC(F)(F)C(F)(F)F.O=C(O)C(F)(F)F.O=CO.O=CO. The number of carbonyl (C=O) groups excluding carboxylic acids is 1. The number of rotatable bonds is 5. The summed E-state index contributed by atoms with van der Waals surface area (Å²) in [6.07, 6.45) is -12.4. The topological polar surface area (TPSA) is 187 Å². The van der Waals surface area contributed by atoms with Gasteiger partial charge in [-0.05, 0) is 29.8 Å². The number of benzene rings is 1. The van der Waals surface area contributed by atoms with Crippen molar-refractivity contribution in [1.82, 2.24) is 19.6 Å². The Labute approximate surface area is 262 Å². The number of hydrogen-bond acceptors (Lipinski definition) is 8. The van der Waals surface area contributed by atoms with Gasteiger partial charge in [-0.15, -0.1) is 5.10 Å². The smallest absolute Gasteiger partial charge is 0.483 e. The number of hydrogen-bond donors (Lipinski definition) is 4. The van der Waals surface area contributed by atoms with Crippen molar-refractivity contribution in [1.29, 1.82) is 0 Å². The number of nitrogens with zero attached hydrogens (tertiary/aromatic N) is 5. The minimum atomic E-state index is -6.06. The molecule has 0 radical (unpaired) electrons. The normalized spacial score (nSPS) is 10.5. The number of nitrogens with one attached hydrogen (secondary N) is 1. The van der Waals surface area contributed by atoms with Crippen LogP contribution in [0.4, 0.5) is 51.1 Å². The number of alkyl halides is 9. The number of amides is 1. The Morgan fingerprint density at radius 1 is 0.875 bits per heavy atom. The van der Waals surface area contributed by atoms with Crippen LogP contribution in [0.15, 0.2) is 73.2 Å². The first kappa shape index (κ1) is 42.0. The molecule has 0 saturated carbocycles. The van der Waals surface area contributed by atoms with Gasteiger partial charge in [0.25, 0.3) is 18.9 Å². The number of halogens is 9. The van der Waals surface area contributed by atoms with Gasteiger partial charge in [0.1, 0.15) is 5.82 Å². The number of carboxylic acids is 1. The largest absolute Gasteiger partial charge is 0.490 e. The molecular weight excluding hydrogens is 679 g/mol. The third kappa shape index (κ3) is 15.9. The molecule has 1 aromatic carbocycles. The van der Waals surface area contributed by atoms with Crippen molar-refractivity contribution >= 4 is 42.1 Å². The lowest BCUT2D eigenvalue weighted by molar-refractivity contribution is -0.339. The Kier molecular flexibility index (Phi) is 17.1. The minimum Gasteiger partial charge on any atom is -0.483 e. The molecule has 22 heteroatoms. The summed E-state index contributed by atoms with van der Waals surface area (Å²) in [6, 6.07) is 17.4. The van der Waals surface area contributed by atoms with Crippen LogP contribution in [0.5, 0.6) is 0 Å². The van der Waals surface area contributed by atoms with Gasteiger partial charge in [-0.2, -0.15) is 39.5 Å². The molecule has 0 bridgehead atoms. The second-order valence-corrected chi connectivity index (χ2v) is 8.17. The fourth-order valence-electron chi connectivity index (χ4n) is 2.76. The molecule has 3 aromatic heterocycles. The lowest BCUT2D eigenvalue weighted by Gasteiger charge is -2.17. The van der Waals surface area contributed by atoms with Crippen LogP contribution < -0.4 is 10.2 Å². The Morgan fingerprint density at radius 2 is 1.40 bits per heavy atom. The first-order valence-electron chi connectivity index (χ1n) is 12.1. The van der Waals surface area contributed by atoms with Gasteiger partial charge in [-0.25, -0.2) is 14.3 Å². The lowest BCUT2D eigenvalue weighted by atomic mass is 10.2. The molecular formula is C26H23F9N6O7. The quantitative estimate of drug-likeness (QED) is 0.159. The summed E-state index contributed by atoms with van der Waals surface area (Å²) in [5, 5.41) is 28.3. The summed E-state index contributed by atoms with van der Waals surface area (Å²) in [5.41, 5.74) is 2.34. The van der Waals surface area contributed by atoms with E-state index < -0.39 is 24.5 Å². The van der Waals surface area contributed by atoms with Gasteiger partial charge in [0.2, 0.25) is 0 Å². The first-order chi connectivity index (χ1) is 22.2. The summed E-state index contributed by atoms with van der Waals surface area (Å²) >= 11 is 0. The second-order valence-electron chi connectivity index (χ2n) is 8.17. The van der Waals surface area contributed by atoms with Crippen LogP contribution >= 0.6 is 0 Å². The third-order valence-electron chi connectivity index (χ3n) is 4.69. The molecule has 4 rings (SSSR count). The van der Waals surface area contributed by atoms with Crippen LogP contribution in [-0.2, 0) is 20.9 Å². The van der Waals surface area contributed by atoms with E-state index in [-0.39, 0.29) is 18.9 Å². The molecule has 0 saturated heterocycles. The lowest BCUT2D eigenvalue weighted by Crippen LogP contribution is -2.30. The standard InChI is InChI=1S/C20H18N6O.C2F6.C2HF3O2.2CH2O2/c1-25(13-15-6-3-2-4-7-15)19-10-9-18-22-17(14-26(18)24-19)23-20(27)16-8-5-11-21-12-16;3-1(4,5)2(6,7)8;3-2(4,5)1(6)7;2*2-1-3/h2-12,14H,13H2,1H3,(H,23,27);;(H,6,7);2*1H,(H,2,3). The number of carboxylic acid groups (broad SMARTS) is 3. The molecule has 0 atom stereocenters. The van der Waals surface area contributed by atoms with E-state index in [1.165, 1.54) is 11.8 Å². The van der Waals surface area contributed by atoms with Gasteiger partial charge in [-0.1, -0.05) is 30.3 Å². The molecule has 0 spiro atoms. The first-order valence-corrected chi connectivity index (χ1v) is 12.1. The highest BCUT2D eigenvalue weighted by Gasteiger charge is 2.58. The Bertz CT molecular complexity index is 1550. The number of anilines is 2. The third-order valence-corrected chi connectivity index (χ3v) is 4.69. The molecule has 0 aliphatic heterocycles. The van der Waals surface area contributed by atoms with Gasteiger partial charge in [0.15, 0.2) is 11.5 Å². The predicted octanol–water partition coefficient (Wildman–Crippen LogP) is 5.16. The van der Waals surface area contributed by atoms with Crippen LogP contribution in [0.25, 0.3) is 5.65 Å². The van der Waals surface area contributed by atoms with Gasteiger partial charge >= 0.3 is 24.5 Å². The van der Waals surface area contributed by atoms with Crippen molar-refractivity contribution in [3.8, 4) is 0 Å². The fraction of sp³-hybridized carbons (Fsp3) is 0.192. The van der Waals surface area contributed by atoms with Crippen LogP contribution in [0.3, 0.4) is 0 Å². The van der Waals surface area contributed by atoms with Crippen LogP contribution in [0, 0.1) is 0 Å². The van der Waals surface area contributed by atoms with Gasteiger partial charge in [0.05, 0.1) is 11.8 Å². The zero-order valence-electron chi connectivity index (χ0n) is 23.9. The van der Waals surface area contributed by atoms with E-state index in [4.69, 9.17) is 29.7 Å². The fourth-order valence-corrected chi connectivity index (χ4v) is 2.76. The molecule has 262 valence electrons. The van der Waals surface area contributed by atoms with Crippen LogP contribution in [0.1, 0.15) is 15.9 Å². The summed E-state index contributed by atoms with van der Waals surface area (Å²) in [4.78, 5) is 48.3. The molecule has 4 N–H and O–H groups in total.